The quantitative estimate of drug-likeness (QED) is 0.385. The molecule has 76 valence electrons. The van der Waals surface area contributed by atoms with Gasteiger partial charge < -0.3 is 16.1 Å². The first kappa shape index (κ1) is 10.3. The van der Waals surface area contributed by atoms with Crippen molar-refractivity contribution >= 4 is 17.5 Å². The summed E-state index contributed by atoms with van der Waals surface area (Å²) in [5, 5.41) is 5.35. The Bertz CT molecular complexity index is 314. The molecule has 5 N–H and O–H groups in total. The number of carbonyl (C=O) groups is 1. The molecule has 6 heteroatoms. The molecule has 0 aliphatic heterocycles. The van der Waals surface area contributed by atoms with Crippen LogP contribution >= 0.6 is 0 Å². The monoisotopic (exact) mass is 195 g/mol. The number of hydrogen-bond donors (Lipinski definition) is 4. The Morgan fingerprint density at radius 2 is 2.21 bits per heavy atom. The lowest BCUT2D eigenvalue weighted by Gasteiger charge is -2.05. The Hall–Kier alpha value is -1.82. The summed E-state index contributed by atoms with van der Waals surface area (Å²) in [5.41, 5.74) is 2.42. The van der Waals surface area contributed by atoms with E-state index in [2.05, 4.69) is 21.0 Å². The standard InChI is InChI=1S/C8H13N5O/c1-10-8(14)5-11-6-3-2-4-7(12-6)13-9/h2-4H,5,9H2,1H3,(H,10,14)(H2,11,12,13). The molecule has 0 radical (unpaired) electrons. The van der Waals surface area contributed by atoms with Crippen LogP contribution in [-0.4, -0.2) is 24.5 Å². The van der Waals surface area contributed by atoms with Gasteiger partial charge in [-0.2, -0.15) is 0 Å². The van der Waals surface area contributed by atoms with Crippen molar-refractivity contribution in [3.05, 3.63) is 18.2 Å². The summed E-state index contributed by atoms with van der Waals surface area (Å²) in [7, 11) is 1.58. The van der Waals surface area contributed by atoms with E-state index in [0.29, 0.717) is 11.6 Å². The minimum absolute atomic E-state index is 0.0992. The SMILES string of the molecule is CNC(=O)CNc1cccc(NN)n1. The smallest absolute Gasteiger partial charge is 0.239 e. The number of rotatable bonds is 4. The molecule has 14 heavy (non-hydrogen) atoms. The number of hydrogen-bond acceptors (Lipinski definition) is 5. The summed E-state index contributed by atoms with van der Waals surface area (Å²) in [6.45, 7) is 0.192. The van der Waals surface area contributed by atoms with Crippen LogP contribution in [0.5, 0.6) is 0 Å². The average Bonchev–Trinajstić information content (AvgIpc) is 2.26. The van der Waals surface area contributed by atoms with Crippen LogP contribution in [0.3, 0.4) is 0 Å². The van der Waals surface area contributed by atoms with Crippen molar-refractivity contribution in [2.75, 3.05) is 24.3 Å². The number of nitrogen functional groups attached to an aromatic ring is 1. The number of pyridine rings is 1. The summed E-state index contributed by atoms with van der Waals surface area (Å²) in [4.78, 5) is 15.0. The highest BCUT2D eigenvalue weighted by Crippen LogP contribution is 2.06. The zero-order valence-corrected chi connectivity index (χ0v) is 7.87. The maximum absolute atomic E-state index is 10.9. The van der Waals surface area contributed by atoms with Crippen molar-refractivity contribution in [1.29, 1.82) is 0 Å². The van der Waals surface area contributed by atoms with E-state index in [4.69, 9.17) is 5.84 Å². The first-order chi connectivity index (χ1) is 6.76. The first-order valence-corrected chi connectivity index (χ1v) is 4.14. The van der Waals surface area contributed by atoms with Crippen LogP contribution in [-0.2, 0) is 4.79 Å². The number of nitrogens with one attached hydrogen (secondary N) is 3. The van der Waals surface area contributed by atoms with Gasteiger partial charge in [-0.05, 0) is 12.1 Å². The van der Waals surface area contributed by atoms with Gasteiger partial charge in [0.15, 0.2) is 0 Å². The molecule has 0 unspecified atom stereocenters. The van der Waals surface area contributed by atoms with Crippen LogP contribution in [0.15, 0.2) is 18.2 Å². The molecule has 0 aromatic carbocycles. The molecule has 0 bridgehead atoms. The Balaban J connectivity index is 2.54. The van der Waals surface area contributed by atoms with E-state index in [1.807, 2.05) is 0 Å². The summed E-state index contributed by atoms with van der Waals surface area (Å²) in [5.74, 6) is 6.23. The molecule has 1 rings (SSSR count). The maximum Gasteiger partial charge on any atom is 0.239 e. The second-order valence-corrected chi connectivity index (χ2v) is 2.58. The van der Waals surface area contributed by atoms with Crippen LogP contribution in [0.2, 0.25) is 0 Å². The lowest BCUT2D eigenvalue weighted by molar-refractivity contribution is -0.118. The molecule has 1 heterocycles. The number of carbonyl (C=O) groups excluding carboxylic acids is 1. The minimum atomic E-state index is -0.0992. The topological polar surface area (TPSA) is 92.1 Å². The number of aromatic nitrogens is 1. The highest BCUT2D eigenvalue weighted by Gasteiger charge is 1.98. The number of hydrazine groups is 1. The van der Waals surface area contributed by atoms with Gasteiger partial charge in [0.05, 0.1) is 6.54 Å². The molecule has 0 spiro atoms. The number of nitrogens with zero attached hydrogens (tertiary/aromatic N) is 1. The van der Waals surface area contributed by atoms with Crippen LogP contribution < -0.4 is 21.9 Å². The van der Waals surface area contributed by atoms with Gasteiger partial charge in [-0.15, -0.1) is 0 Å². The van der Waals surface area contributed by atoms with E-state index in [-0.39, 0.29) is 12.5 Å². The van der Waals surface area contributed by atoms with Gasteiger partial charge in [0.25, 0.3) is 0 Å². The lowest BCUT2D eigenvalue weighted by Crippen LogP contribution is -2.26. The highest BCUT2D eigenvalue weighted by molar-refractivity contribution is 5.80. The zero-order valence-electron chi connectivity index (χ0n) is 7.87. The fourth-order valence-electron chi connectivity index (χ4n) is 0.873. The molecule has 1 aromatic rings. The van der Waals surface area contributed by atoms with Crippen molar-refractivity contribution in [3.63, 3.8) is 0 Å². The Kier molecular flexibility index (Phi) is 3.69. The summed E-state index contributed by atoms with van der Waals surface area (Å²) in [6.07, 6.45) is 0. The maximum atomic E-state index is 10.9. The molecule has 0 saturated carbocycles. The molecule has 1 amide bonds. The summed E-state index contributed by atoms with van der Waals surface area (Å²) < 4.78 is 0. The second kappa shape index (κ2) is 5.03. The minimum Gasteiger partial charge on any atom is -0.361 e. The lowest BCUT2D eigenvalue weighted by atomic mass is 10.4. The van der Waals surface area contributed by atoms with E-state index in [0.717, 1.165) is 0 Å². The predicted molar refractivity (Wildman–Crippen MR) is 54.6 cm³/mol. The van der Waals surface area contributed by atoms with Crippen molar-refractivity contribution in [3.8, 4) is 0 Å². The van der Waals surface area contributed by atoms with Gasteiger partial charge in [0, 0.05) is 7.05 Å². The van der Waals surface area contributed by atoms with Crippen LogP contribution in [0, 0.1) is 0 Å². The van der Waals surface area contributed by atoms with E-state index < -0.39 is 0 Å². The third-order valence-corrected chi connectivity index (χ3v) is 1.61. The van der Waals surface area contributed by atoms with Crippen molar-refractivity contribution in [1.82, 2.24) is 10.3 Å². The van der Waals surface area contributed by atoms with Gasteiger partial charge in [0.2, 0.25) is 5.91 Å². The van der Waals surface area contributed by atoms with Crippen LogP contribution in [0.1, 0.15) is 0 Å². The van der Waals surface area contributed by atoms with Crippen molar-refractivity contribution < 1.29 is 4.79 Å². The van der Waals surface area contributed by atoms with Gasteiger partial charge in [-0.25, -0.2) is 10.8 Å². The Morgan fingerprint density at radius 3 is 2.86 bits per heavy atom. The van der Waals surface area contributed by atoms with Gasteiger partial charge in [-0.1, -0.05) is 6.07 Å². The van der Waals surface area contributed by atoms with E-state index >= 15 is 0 Å². The van der Waals surface area contributed by atoms with E-state index in [9.17, 15) is 4.79 Å². The normalized spacial score (nSPS) is 9.29. The molecule has 0 atom stereocenters. The zero-order chi connectivity index (χ0) is 10.4. The molecule has 0 aliphatic rings. The fourth-order valence-corrected chi connectivity index (χ4v) is 0.873. The van der Waals surface area contributed by atoms with E-state index in [1.54, 1.807) is 25.2 Å². The van der Waals surface area contributed by atoms with Gasteiger partial charge in [-0.3, -0.25) is 4.79 Å². The molecule has 0 aliphatic carbocycles. The third-order valence-electron chi connectivity index (χ3n) is 1.61. The fraction of sp³-hybridized carbons (Fsp3) is 0.250. The second-order valence-electron chi connectivity index (χ2n) is 2.58. The van der Waals surface area contributed by atoms with Crippen molar-refractivity contribution in [2.24, 2.45) is 5.84 Å². The van der Waals surface area contributed by atoms with E-state index in [1.165, 1.54) is 0 Å². The molecule has 0 saturated heterocycles. The Morgan fingerprint density at radius 1 is 1.50 bits per heavy atom. The highest BCUT2D eigenvalue weighted by atomic mass is 16.1. The van der Waals surface area contributed by atoms with Crippen molar-refractivity contribution in [2.45, 2.75) is 0 Å². The van der Waals surface area contributed by atoms with Gasteiger partial charge in [0.1, 0.15) is 11.6 Å². The predicted octanol–water partition coefficient (Wildman–Crippen LogP) is -0.475. The molecule has 1 aromatic heterocycles. The third kappa shape index (κ3) is 2.91. The summed E-state index contributed by atoms with van der Waals surface area (Å²) in [6, 6.07) is 5.27. The first-order valence-electron chi connectivity index (χ1n) is 4.14. The Labute approximate surface area is 81.9 Å². The number of nitrogens with two attached hydrogens (primary N) is 1. The summed E-state index contributed by atoms with van der Waals surface area (Å²) >= 11 is 0. The van der Waals surface area contributed by atoms with Crippen LogP contribution in [0.4, 0.5) is 11.6 Å². The average molecular weight is 195 g/mol. The number of anilines is 2. The largest absolute Gasteiger partial charge is 0.361 e. The molecular weight excluding hydrogens is 182 g/mol. The van der Waals surface area contributed by atoms with Gasteiger partial charge >= 0.3 is 0 Å². The van der Waals surface area contributed by atoms with Crippen LogP contribution in [0.25, 0.3) is 0 Å². The number of amides is 1. The number of likely N-dealkylation sites (N-methyl/N-ethyl adjacent to an activating group) is 1. The molecular formula is C8H13N5O. The molecule has 6 nitrogen and oxygen atoms in total. The molecule has 0 fully saturated rings.